The minimum Gasteiger partial charge on any atom is -0.493 e. The van der Waals surface area contributed by atoms with Crippen molar-refractivity contribution in [2.24, 2.45) is 0 Å². The minimum atomic E-state index is 0.614. The zero-order valence-electron chi connectivity index (χ0n) is 11.2. The predicted molar refractivity (Wildman–Crippen MR) is 90.5 cm³/mol. The lowest BCUT2D eigenvalue weighted by atomic mass is 10.2. The number of hydrogen-bond donors (Lipinski definition) is 1. The quantitative estimate of drug-likeness (QED) is 0.723. The highest BCUT2D eigenvalue weighted by Gasteiger charge is 2.14. The Morgan fingerprint density at radius 1 is 1.20 bits per heavy atom. The standard InChI is InChI=1S/C13H13BrIN3O2/c1-16-13-9(15)6-17-12(18-13)7-4-10(19-2)11(20-3)5-8(7)14/h4-6H,1-3H3,(H,16,17,18). The van der Waals surface area contributed by atoms with Gasteiger partial charge in [0.1, 0.15) is 5.82 Å². The largest absolute Gasteiger partial charge is 0.493 e. The number of nitrogens with one attached hydrogen (secondary N) is 1. The monoisotopic (exact) mass is 449 g/mol. The number of methoxy groups -OCH3 is 2. The van der Waals surface area contributed by atoms with Gasteiger partial charge in [-0.15, -0.1) is 0 Å². The van der Waals surface area contributed by atoms with Crippen LogP contribution < -0.4 is 14.8 Å². The molecule has 1 aromatic carbocycles. The van der Waals surface area contributed by atoms with Crippen molar-refractivity contribution in [3.05, 3.63) is 26.4 Å². The van der Waals surface area contributed by atoms with E-state index in [-0.39, 0.29) is 0 Å². The van der Waals surface area contributed by atoms with Gasteiger partial charge in [-0.1, -0.05) is 0 Å². The molecule has 1 aromatic heterocycles. The molecular formula is C13H13BrIN3O2. The molecule has 0 aliphatic heterocycles. The fraction of sp³-hybridized carbons (Fsp3) is 0.231. The van der Waals surface area contributed by atoms with Gasteiger partial charge in [0.15, 0.2) is 17.3 Å². The first kappa shape index (κ1) is 15.3. The molecule has 0 saturated heterocycles. The summed E-state index contributed by atoms with van der Waals surface area (Å²) in [5, 5.41) is 3.05. The van der Waals surface area contributed by atoms with Crippen LogP contribution in [0.3, 0.4) is 0 Å². The van der Waals surface area contributed by atoms with Crippen molar-refractivity contribution in [2.75, 3.05) is 26.6 Å². The van der Waals surface area contributed by atoms with Crippen molar-refractivity contribution in [3.63, 3.8) is 0 Å². The fourth-order valence-corrected chi connectivity index (χ4v) is 2.73. The lowest BCUT2D eigenvalue weighted by Crippen LogP contribution is -2.00. The van der Waals surface area contributed by atoms with E-state index in [1.807, 2.05) is 19.2 Å². The number of nitrogens with zero attached hydrogens (tertiary/aromatic N) is 2. The third-order valence-corrected chi connectivity index (χ3v) is 4.14. The first-order chi connectivity index (χ1) is 9.60. The maximum Gasteiger partial charge on any atom is 0.162 e. The molecule has 0 radical (unpaired) electrons. The second kappa shape index (κ2) is 6.57. The van der Waals surface area contributed by atoms with Gasteiger partial charge in [0, 0.05) is 23.3 Å². The SMILES string of the molecule is CNc1nc(-c2cc(OC)c(OC)cc2Br)ncc1I. The van der Waals surface area contributed by atoms with Crippen molar-refractivity contribution < 1.29 is 9.47 Å². The highest BCUT2D eigenvalue weighted by atomic mass is 127. The van der Waals surface area contributed by atoms with E-state index in [1.165, 1.54) is 0 Å². The Balaban J connectivity index is 2.57. The van der Waals surface area contributed by atoms with E-state index in [9.17, 15) is 0 Å². The Hall–Kier alpha value is -1.09. The smallest absolute Gasteiger partial charge is 0.162 e. The highest BCUT2D eigenvalue weighted by Crippen LogP contribution is 2.37. The first-order valence-electron chi connectivity index (χ1n) is 5.73. The highest BCUT2D eigenvalue weighted by molar-refractivity contribution is 14.1. The van der Waals surface area contributed by atoms with E-state index in [2.05, 4.69) is 53.8 Å². The van der Waals surface area contributed by atoms with Crippen LogP contribution in [0.25, 0.3) is 11.4 Å². The predicted octanol–water partition coefficient (Wildman–Crippen LogP) is 3.57. The van der Waals surface area contributed by atoms with Crippen LogP contribution in [0.15, 0.2) is 22.8 Å². The van der Waals surface area contributed by atoms with E-state index < -0.39 is 0 Å². The van der Waals surface area contributed by atoms with E-state index in [4.69, 9.17) is 9.47 Å². The summed E-state index contributed by atoms with van der Waals surface area (Å²) >= 11 is 5.70. The van der Waals surface area contributed by atoms with Gasteiger partial charge in [-0.05, 0) is 50.7 Å². The second-order valence-electron chi connectivity index (χ2n) is 3.83. The van der Waals surface area contributed by atoms with Gasteiger partial charge in [0.2, 0.25) is 0 Å². The Morgan fingerprint density at radius 3 is 2.45 bits per heavy atom. The molecule has 7 heteroatoms. The van der Waals surface area contributed by atoms with E-state index in [0.717, 1.165) is 19.4 Å². The molecule has 0 aliphatic rings. The van der Waals surface area contributed by atoms with Gasteiger partial charge >= 0.3 is 0 Å². The summed E-state index contributed by atoms with van der Waals surface area (Å²) in [6.45, 7) is 0. The molecule has 5 nitrogen and oxygen atoms in total. The molecule has 0 amide bonds. The molecule has 0 atom stereocenters. The number of rotatable bonds is 4. The molecule has 0 aliphatic carbocycles. The molecule has 0 spiro atoms. The molecule has 1 heterocycles. The number of ether oxygens (including phenoxy) is 2. The van der Waals surface area contributed by atoms with Crippen LogP contribution in [0, 0.1) is 3.57 Å². The lowest BCUT2D eigenvalue weighted by Gasteiger charge is -2.12. The normalized spacial score (nSPS) is 10.2. The third kappa shape index (κ3) is 2.98. The van der Waals surface area contributed by atoms with Gasteiger partial charge in [-0.25, -0.2) is 9.97 Å². The summed E-state index contributed by atoms with van der Waals surface area (Å²) in [6.07, 6.45) is 1.78. The molecule has 0 bridgehead atoms. The third-order valence-electron chi connectivity index (χ3n) is 2.70. The summed E-state index contributed by atoms with van der Waals surface area (Å²) in [7, 11) is 5.03. The van der Waals surface area contributed by atoms with Crippen LogP contribution in [0.1, 0.15) is 0 Å². The number of aromatic nitrogens is 2. The zero-order valence-corrected chi connectivity index (χ0v) is 14.9. The molecular weight excluding hydrogens is 437 g/mol. The summed E-state index contributed by atoms with van der Waals surface area (Å²) in [5.41, 5.74) is 0.843. The van der Waals surface area contributed by atoms with E-state index in [0.29, 0.717) is 17.3 Å². The molecule has 1 N–H and O–H groups in total. The topological polar surface area (TPSA) is 56.3 Å². The van der Waals surface area contributed by atoms with Gasteiger partial charge in [-0.3, -0.25) is 0 Å². The lowest BCUT2D eigenvalue weighted by molar-refractivity contribution is 0.355. The maximum absolute atomic E-state index is 5.32. The second-order valence-corrected chi connectivity index (χ2v) is 5.84. The van der Waals surface area contributed by atoms with Crippen LogP contribution in [0.5, 0.6) is 11.5 Å². The molecule has 0 fully saturated rings. The van der Waals surface area contributed by atoms with Crippen LogP contribution in [0.4, 0.5) is 5.82 Å². The fourth-order valence-electron chi connectivity index (χ4n) is 1.70. The van der Waals surface area contributed by atoms with Crippen molar-refractivity contribution in [1.82, 2.24) is 9.97 Å². The first-order valence-corrected chi connectivity index (χ1v) is 7.60. The molecule has 20 heavy (non-hydrogen) atoms. The Bertz CT molecular complexity index is 637. The van der Waals surface area contributed by atoms with Gasteiger partial charge < -0.3 is 14.8 Å². The van der Waals surface area contributed by atoms with Gasteiger partial charge in [-0.2, -0.15) is 0 Å². The Labute approximate surface area is 139 Å². The van der Waals surface area contributed by atoms with Crippen molar-refractivity contribution in [1.29, 1.82) is 0 Å². The van der Waals surface area contributed by atoms with Crippen LogP contribution in [0.2, 0.25) is 0 Å². The summed E-state index contributed by atoms with van der Waals surface area (Å²) < 4.78 is 12.4. The van der Waals surface area contributed by atoms with Crippen LogP contribution >= 0.6 is 38.5 Å². The molecule has 106 valence electrons. The van der Waals surface area contributed by atoms with E-state index in [1.54, 1.807) is 20.4 Å². The summed E-state index contributed by atoms with van der Waals surface area (Å²) in [6, 6.07) is 3.69. The van der Waals surface area contributed by atoms with Crippen molar-refractivity contribution in [2.45, 2.75) is 0 Å². The Morgan fingerprint density at radius 2 is 1.85 bits per heavy atom. The van der Waals surface area contributed by atoms with Gasteiger partial charge in [0.25, 0.3) is 0 Å². The van der Waals surface area contributed by atoms with Crippen LogP contribution in [-0.4, -0.2) is 31.2 Å². The maximum atomic E-state index is 5.32. The van der Waals surface area contributed by atoms with Crippen molar-refractivity contribution in [3.8, 4) is 22.9 Å². The molecule has 2 aromatic rings. The van der Waals surface area contributed by atoms with Crippen LogP contribution in [-0.2, 0) is 0 Å². The molecule has 0 saturated carbocycles. The molecule has 2 rings (SSSR count). The number of benzene rings is 1. The zero-order chi connectivity index (χ0) is 14.7. The summed E-state index contributed by atoms with van der Waals surface area (Å²) in [4.78, 5) is 8.86. The van der Waals surface area contributed by atoms with Crippen molar-refractivity contribution >= 4 is 44.3 Å². The Kier molecular flexibility index (Phi) is 5.03. The average Bonchev–Trinajstić information content (AvgIpc) is 2.47. The number of halogens is 2. The van der Waals surface area contributed by atoms with Gasteiger partial charge in [0.05, 0.1) is 17.8 Å². The number of hydrogen-bond acceptors (Lipinski definition) is 5. The van der Waals surface area contributed by atoms with E-state index >= 15 is 0 Å². The number of anilines is 1. The average molecular weight is 450 g/mol. The summed E-state index contributed by atoms with van der Waals surface area (Å²) in [5.74, 6) is 2.70. The molecule has 0 unspecified atom stereocenters. The minimum absolute atomic E-state index is 0.614.